The molecule has 0 atom stereocenters. The first-order chi connectivity index (χ1) is 15.6. The van der Waals surface area contributed by atoms with Gasteiger partial charge >= 0.3 is 0 Å². The summed E-state index contributed by atoms with van der Waals surface area (Å²) in [7, 11) is 0. The lowest BCUT2D eigenvalue weighted by Crippen LogP contribution is -2.12. The number of hydrogen-bond acceptors (Lipinski definition) is 4. The van der Waals surface area contributed by atoms with Crippen LogP contribution in [0.5, 0.6) is 11.5 Å². The van der Waals surface area contributed by atoms with E-state index in [2.05, 4.69) is 0 Å². The maximum absolute atomic E-state index is 12.8. The molecule has 4 rings (SSSR count). The lowest BCUT2D eigenvalue weighted by atomic mass is 9.93. The third-order valence-corrected chi connectivity index (χ3v) is 5.28. The van der Waals surface area contributed by atoms with Gasteiger partial charge in [0.2, 0.25) is 0 Å². The summed E-state index contributed by atoms with van der Waals surface area (Å²) in [6, 6.07) is 27.0. The molecule has 4 heteroatoms. The number of carbonyl (C=O) groups excluding carboxylic acids is 2. The zero-order valence-corrected chi connectivity index (χ0v) is 18.1. The van der Waals surface area contributed by atoms with Gasteiger partial charge in [0.15, 0.2) is 11.6 Å². The van der Waals surface area contributed by atoms with Gasteiger partial charge in [-0.25, -0.2) is 0 Å². The van der Waals surface area contributed by atoms with Crippen molar-refractivity contribution in [1.29, 1.82) is 0 Å². The van der Waals surface area contributed by atoms with E-state index in [1.807, 2.05) is 84.9 Å². The third-order valence-electron chi connectivity index (χ3n) is 5.28. The Labute approximate surface area is 187 Å². The molecule has 0 unspecified atom stereocenters. The Bertz CT molecular complexity index is 1160. The Morgan fingerprint density at radius 3 is 1.25 bits per heavy atom. The number of carbonyl (C=O) groups is 2. The van der Waals surface area contributed by atoms with Crippen LogP contribution in [0, 0.1) is 0 Å². The van der Waals surface area contributed by atoms with Gasteiger partial charge in [-0.2, -0.15) is 0 Å². The zero-order valence-electron chi connectivity index (χ0n) is 18.1. The predicted molar refractivity (Wildman–Crippen MR) is 126 cm³/mol. The molecule has 160 valence electrons. The molecule has 0 amide bonds. The highest BCUT2D eigenvalue weighted by atomic mass is 16.5. The Kier molecular flexibility index (Phi) is 6.31. The van der Waals surface area contributed by atoms with E-state index in [0.717, 1.165) is 21.9 Å². The molecule has 0 aliphatic carbocycles. The lowest BCUT2D eigenvalue weighted by molar-refractivity contribution is 0.0973. The number of ketones is 2. The highest BCUT2D eigenvalue weighted by molar-refractivity contribution is 6.17. The molecule has 0 heterocycles. The fourth-order valence-electron chi connectivity index (χ4n) is 3.81. The highest BCUT2D eigenvalue weighted by Crippen LogP contribution is 2.42. The van der Waals surface area contributed by atoms with Crippen LogP contribution in [0.25, 0.3) is 10.8 Å². The summed E-state index contributed by atoms with van der Waals surface area (Å²) in [5.74, 6) is 0.339. The third kappa shape index (κ3) is 4.40. The van der Waals surface area contributed by atoms with E-state index in [1.165, 1.54) is 13.8 Å². The topological polar surface area (TPSA) is 52.6 Å². The summed E-state index contributed by atoms with van der Waals surface area (Å²) in [6.07, 6.45) is 0. The number of fused-ring (bicyclic) bond motifs is 1. The molecule has 0 aliphatic heterocycles. The van der Waals surface area contributed by atoms with E-state index in [1.54, 1.807) is 0 Å². The van der Waals surface area contributed by atoms with E-state index >= 15 is 0 Å². The summed E-state index contributed by atoms with van der Waals surface area (Å²) in [5.41, 5.74) is 2.46. The van der Waals surface area contributed by atoms with E-state index in [-0.39, 0.29) is 35.9 Å². The molecule has 0 saturated heterocycles. The second-order valence-corrected chi connectivity index (χ2v) is 7.61. The first-order valence-corrected chi connectivity index (χ1v) is 10.5. The van der Waals surface area contributed by atoms with Crippen LogP contribution < -0.4 is 9.47 Å². The molecule has 0 aliphatic rings. The normalized spacial score (nSPS) is 10.7. The maximum Gasteiger partial charge on any atom is 0.164 e. The average Bonchev–Trinajstić information content (AvgIpc) is 2.82. The molecule has 0 bridgehead atoms. The molecule has 4 aromatic rings. The minimum Gasteiger partial charge on any atom is -0.487 e. The van der Waals surface area contributed by atoms with Gasteiger partial charge in [-0.1, -0.05) is 84.9 Å². The predicted octanol–water partition coefficient (Wildman–Crippen LogP) is 6.40. The second-order valence-electron chi connectivity index (χ2n) is 7.61. The summed E-state index contributed by atoms with van der Waals surface area (Å²) in [4.78, 5) is 25.6. The molecule has 0 N–H and O–H groups in total. The summed E-state index contributed by atoms with van der Waals surface area (Å²) >= 11 is 0. The van der Waals surface area contributed by atoms with Crippen LogP contribution in [0.3, 0.4) is 0 Å². The molecule has 0 fully saturated rings. The molecule has 32 heavy (non-hydrogen) atoms. The minimum atomic E-state index is -0.242. The molecule has 0 saturated carbocycles. The van der Waals surface area contributed by atoms with Crippen molar-refractivity contribution < 1.29 is 19.1 Å². The van der Waals surface area contributed by atoms with Crippen molar-refractivity contribution in [2.45, 2.75) is 27.1 Å². The molecular weight excluding hydrogens is 400 g/mol. The van der Waals surface area contributed by atoms with Crippen molar-refractivity contribution in [3.63, 3.8) is 0 Å². The Hall–Kier alpha value is -3.92. The van der Waals surface area contributed by atoms with Crippen molar-refractivity contribution in [1.82, 2.24) is 0 Å². The molecule has 0 spiro atoms. The van der Waals surface area contributed by atoms with Gasteiger partial charge in [0, 0.05) is 10.8 Å². The van der Waals surface area contributed by atoms with Crippen LogP contribution in [0.15, 0.2) is 84.9 Å². The molecule has 0 radical (unpaired) electrons. The van der Waals surface area contributed by atoms with Gasteiger partial charge in [-0.15, -0.1) is 0 Å². The number of rotatable bonds is 8. The van der Waals surface area contributed by atoms with Crippen LogP contribution in [-0.2, 0) is 13.2 Å². The van der Waals surface area contributed by atoms with Crippen molar-refractivity contribution in [3.8, 4) is 11.5 Å². The Morgan fingerprint density at radius 1 is 0.562 bits per heavy atom. The van der Waals surface area contributed by atoms with Crippen LogP contribution in [0.1, 0.15) is 45.7 Å². The fourth-order valence-corrected chi connectivity index (χ4v) is 3.81. The van der Waals surface area contributed by atoms with Crippen molar-refractivity contribution >= 4 is 22.3 Å². The van der Waals surface area contributed by atoms with E-state index in [9.17, 15) is 9.59 Å². The first-order valence-electron chi connectivity index (χ1n) is 10.5. The highest BCUT2D eigenvalue weighted by Gasteiger charge is 2.27. The number of hydrogen-bond donors (Lipinski definition) is 0. The second kappa shape index (κ2) is 9.48. The lowest BCUT2D eigenvalue weighted by Gasteiger charge is -2.20. The fraction of sp³-hybridized carbons (Fsp3) is 0.143. The van der Waals surface area contributed by atoms with Gasteiger partial charge in [0.25, 0.3) is 0 Å². The zero-order chi connectivity index (χ0) is 22.5. The molecule has 4 aromatic carbocycles. The summed E-state index contributed by atoms with van der Waals surface area (Å²) in [6.45, 7) is 3.47. The largest absolute Gasteiger partial charge is 0.487 e. The van der Waals surface area contributed by atoms with E-state index in [4.69, 9.17) is 9.47 Å². The standard InChI is InChI=1S/C28H24O4/c1-19(29)25-26(20(2)30)28(32-18-22-13-7-4-8-14-22)24-16-10-9-15-23(24)27(25)31-17-21-11-5-3-6-12-21/h3-16H,17-18H2,1-2H3. The van der Waals surface area contributed by atoms with Gasteiger partial charge in [0.05, 0.1) is 11.1 Å². The Morgan fingerprint density at radius 2 is 0.906 bits per heavy atom. The van der Waals surface area contributed by atoms with Gasteiger partial charge in [-0.3, -0.25) is 9.59 Å². The molecule has 0 aromatic heterocycles. The average molecular weight is 424 g/mol. The van der Waals surface area contributed by atoms with E-state index < -0.39 is 0 Å². The minimum absolute atomic E-state index is 0.242. The van der Waals surface area contributed by atoms with Gasteiger partial charge in [-0.05, 0) is 25.0 Å². The van der Waals surface area contributed by atoms with Gasteiger partial charge in [0.1, 0.15) is 24.7 Å². The monoisotopic (exact) mass is 424 g/mol. The van der Waals surface area contributed by atoms with Crippen molar-refractivity contribution in [3.05, 3.63) is 107 Å². The molecule has 4 nitrogen and oxygen atoms in total. The van der Waals surface area contributed by atoms with Crippen LogP contribution >= 0.6 is 0 Å². The van der Waals surface area contributed by atoms with Crippen molar-refractivity contribution in [2.75, 3.05) is 0 Å². The number of Topliss-reactive ketones (excluding diaryl/α,β-unsaturated/α-hetero) is 2. The summed E-state index contributed by atoms with van der Waals surface area (Å²) < 4.78 is 12.4. The van der Waals surface area contributed by atoms with Crippen molar-refractivity contribution in [2.24, 2.45) is 0 Å². The SMILES string of the molecule is CC(=O)c1c(C(C)=O)c(OCc2ccccc2)c2ccccc2c1OCc1ccccc1. The maximum atomic E-state index is 12.8. The number of ether oxygens (including phenoxy) is 2. The van der Waals surface area contributed by atoms with E-state index in [0.29, 0.717) is 11.5 Å². The van der Waals surface area contributed by atoms with Crippen LogP contribution in [0.2, 0.25) is 0 Å². The quantitative estimate of drug-likeness (QED) is 0.307. The first kappa shape index (κ1) is 21.3. The summed E-state index contributed by atoms with van der Waals surface area (Å²) in [5, 5.41) is 1.48. The van der Waals surface area contributed by atoms with Gasteiger partial charge < -0.3 is 9.47 Å². The Balaban J connectivity index is 1.87. The van der Waals surface area contributed by atoms with Crippen LogP contribution in [-0.4, -0.2) is 11.6 Å². The smallest absolute Gasteiger partial charge is 0.164 e. The number of benzene rings is 4. The molecular formula is C28H24O4. The van der Waals surface area contributed by atoms with Crippen LogP contribution in [0.4, 0.5) is 0 Å².